The van der Waals surface area contributed by atoms with Crippen LogP contribution < -0.4 is 10.2 Å². The van der Waals surface area contributed by atoms with Crippen molar-refractivity contribution in [3.05, 3.63) is 53.3 Å². The number of alkyl halides is 3. The largest absolute Gasteiger partial charge is 0.417 e. The summed E-state index contributed by atoms with van der Waals surface area (Å²) in [7, 11) is 0. The predicted molar refractivity (Wildman–Crippen MR) is 137 cm³/mol. The number of nitrogens with one attached hydrogen (secondary N) is 1. The Labute approximate surface area is 224 Å². The number of hydrogen-bond acceptors (Lipinski definition) is 8. The van der Waals surface area contributed by atoms with Crippen molar-refractivity contribution in [1.29, 1.82) is 10.5 Å². The van der Waals surface area contributed by atoms with Gasteiger partial charge in [0.1, 0.15) is 11.8 Å². The Morgan fingerprint density at radius 1 is 1.08 bits per heavy atom. The van der Waals surface area contributed by atoms with Crippen molar-refractivity contribution >= 4 is 29.9 Å². The van der Waals surface area contributed by atoms with Crippen LogP contribution in [0.2, 0.25) is 0 Å². The second-order valence-corrected chi connectivity index (χ2v) is 9.77. The monoisotopic (exact) mass is 544 g/mol. The molecule has 4 rings (SSSR count). The van der Waals surface area contributed by atoms with Gasteiger partial charge >= 0.3 is 6.18 Å². The Morgan fingerprint density at radius 2 is 1.79 bits per heavy atom. The van der Waals surface area contributed by atoms with E-state index < -0.39 is 22.7 Å². The molecule has 1 aromatic carbocycles. The van der Waals surface area contributed by atoms with Crippen LogP contribution in [0.15, 0.2) is 36.5 Å². The smallest absolute Gasteiger partial charge is 0.382 e. The number of hydrogen-bond donors (Lipinski definition) is 2. The van der Waals surface area contributed by atoms with Gasteiger partial charge in [-0.1, -0.05) is 0 Å². The average Bonchev–Trinajstić information content (AvgIpc) is 2.93. The summed E-state index contributed by atoms with van der Waals surface area (Å²) in [6, 6.07) is 10.7. The van der Waals surface area contributed by atoms with E-state index in [0.717, 1.165) is 11.8 Å². The minimum absolute atomic E-state index is 0.0391. The lowest BCUT2D eigenvalue weighted by Gasteiger charge is -2.37. The normalized spacial score (nSPS) is 20.8. The van der Waals surface area contributed by atoms with Crippen molar-refractivity contribution in [2.24, 2.45) is 0 Å². The number of ether oxygens (including phenoxy) is 1. The molecule has 2 aliphatic rings. The molecule has 12 heteroatoms. The molecule has 2 fully saturated rings. The Balaban J connectivity index is 1.22. The van der Waals surface area contributed by atoms with E-state index in [1.165, 1.54) is 12.1 Å². The third-order valence-electron chi connectivity index (χ3n) is 6.84. The van der Waals surface area contributed by atoms with E-state index in [2.05, 4.69) is 27.8 Å². The van der Waals surface area contributed by atoms with Gasteiger partial charge in [-0.2, -0.15) is 23.7 Å². The van der Waals surface area contributed by atoms with E-state index in [0.29, 0.717) is 63.2 Å². The number of nitriles is 2. The molecule has 1 aliphatic heterocycles. The van der Waals surface area contributed by atoms with E-state index in [1.54, 1.807) is 23.2 Å². The molecule has 38 heavy (non-hydrogen) atoms. The quantitative estimate of drug-likeness (QED) is 0.415. The van der Waals surface area contributed by atoms with Crippen LogP contribution in [0, 0.1) is 22.7 Å². The first kappa shape index (κ1) is 27.6. The number of anilines is 2. The van der Waals surface area contributed by atoms with E-state index in [1.807, 2.05) is 12.1 Å². The molecule has 0 bridgehead atoms. The minimum atomic E-state index is -4.60. The molecule has 2 heterocycles. The zero-order valence-corrected chi connectivity index (χ0v) is 21.4. The van der Waals surface area contributed by atoms with Gasteiger partial charge in [-0.25, -0.2) is 4.98 Å². The van der Waals surface area contributed by atoms with E-state index >= 15 is 0 Å². The SMILES string of the molecule is N#Cc1ccc(N2CCN(C(=O)C(S)OC3CCC(Nc4ccc(C#N)c(C(F)(F)F)c4)CC3)CC2)cn1. The fourth-order valence-electron chi connectivity index (χ4n) is 4.77. The number of amides is 1. The highest BCUT2D eigenvalue weighted by Crippen LogP contribution is 2.34. The molecule has 1 atom stereocenters. The fraction of sp³-hybridized carbons (Fsp3) is 0.462. The Bertz CT molecular complexity index is 1210. The highest BCUT2D eigenvalue weighted by Gasteiger charge is 2.34. The molecule has 1 aliphatic carbocycles. The fourth-order valence-corrected chi connectivity index (χ4v) is 5.10. The number of carbonyl (C=O) groups is 1. The van der Waals surface area contributed by atoms with Gasteiger partial charge < -0.3 is 19.9 Å². The molecule has 8 nitrogen and oxygen atoms in total. The Morgan fingerprint density at radius 3 is 2.37 bits per heavy atom. The summed E-state index contributed by atoms with van der Waals surface area (Å²) in [4.78, 5) is 20.8. The van der Waals surface area contributed by atoms with Crippen LogP contribution in [-0.4, -0.2) is 59.6 Å². The van der Waals surface area contributed by atoms with Crippen molar-refractivity contribution in [3.8, 4) is 12.1 Å². The van der Waals surface area contributed by atoms with Crippen LogP contribution in [-0.2, 0) is 15.7 Å². The van der Waals surface area contributed by atoms with Gasteiger partial charge in [-0.05, 0) is 56.0 Å². The number of pyridine rings is 1. The van der Waals surface area contributed by atoms with Gasteiger partial charge in [0.2, 0.25) is 0 Å². The zero-order chi connectivity index (χ0) is 27.3. The zero-order valence-electron chi connectivity index (χ0n) is 20.5. The van der Waals surface area contributed by atoms with Crippen molar-refractivity contribution in [2.45, 2.75) is 49.4 Å². The highest BCUT2D eigenvalue weighted by molar-refractivity contribution is 7.81. The number of halogens is 3. The van der Waals surface area contributed by atoms with Crippen molar-refractivity contribution in [2.75, 3.05) is 36.4 Å². The predicted octanol–water partition coefficient (Wildman–Crippen LogP) is 4.19. The van der Waals surface area contributed by atoms with Crippen LogP contribution >= 0.6 is 12.6 Å². The first-order valence-corrected chi connectivity index (χ1v) is 12.8. The number of rotatable bonds is 6. The first-order valence-electron chi connectivity index (χ1n) is 12.3. The summed E-state index contributed by atoms with van der Waals surface area (Å²) in [5.41, 5.74) is -0.673. The average molecular weight is 545 g/mol. The second-order valence-electron chi connectivity index (χ2n) is 9.30. The summed E-state index contributed by atoms with van der Waals surface area (Å²) in [6.45, 7) is 2.28. The van der Waals surface area contributed by atoms with Gasteiger partial charge in [0.05, 0.1) is 35.2 Å². The number of piperazine rings is 1. The third-order valence-corrected chi connectivity index (χ3v) is 7.18. The molecule has 0 radical (unpaired) electrons. The van der Waals surface area contributed by atoms with Gasteiger partial charge in [-0.15, -0.1) is 12.6 Å². The summed E-state index contributed by atoms with van der Waals surface area (Å²) < 4.78 is 45.7. The molecule has 1 saturated heterocycles. The summed E-state index contributed by atoms with van der Waals surface area (Å²) in [5.74, 6) is -0.191. The molecule has 2 aromatic rings. The van der Waals surface area contributed by atoms with E-state index in [4.69, 9.17) is 15.3 Å². The first-order chi connectivity index (χ1) is 18.2. The van der Waals surface area contributed by atoms with Crippen molar-refractivity contribution in [1.82, 2.24) is 9.88 Å². The van der Waals surface area contributed by atoms with Gasteiger partial charge in [0, 0.05) is 37.9 Å². The lowest BCUT2D eigenvalue weighted by atomic mass is 9.92. The lowest BCUT2D eigenvalue weighted by molar-refractivity contribution is -0.141. The molecule has 1 amide bonds. The molecular formula is C26H27F3N6O2S. The number of thiol groups is 1. The van der Waals surface area contributed by atoms with Gasteiger partial charge in [0.25, 0.3) is 5.91 Å². The van der Waals surface area contributed by atoms with Gasteiger partial charge in [0.15, 0.2) is 5.44 Å². The molecular weight excluding hydrogens is 517 g/mol. The van der Waals surface area contributed by atoms with E-state index in [9.17, 15) is 18.0 Å². The summed E-state index contributed by atoms with van der Waals surface area (Å²) >= 11 is 4.40. The standard InChI is InChI=1S/C26H27F3N6O2S/c27-26(28,29)23-13-19(2-1-17(23)14-30)33-18-4-7-22(8-5-18)37-25(38)24(36)35-11-9-34(10-12-35)21-6-3-20(15-31)32-16-21/h1-3,6,13,16,18,22,25,33,38H,4-5,7-12H2. The maximum atomic E-state index is 13.2. The molecule has 200 valence electrons. The molecule has 0 spiro atoms. The number of nitrogens with zero attached hydrogens (tertiary/aromatic N) is 5. The van der Waals surface area contributed by atoms with E-state index in [-0.39, 0.29) is 18.1 Å². The summed E-state index contributed by atoms with van der Waals surface area (Å²) in [5, 5.41) is 21.0. The molecule has 1 N–H and O–H groups in total. The van der Waals surface area contributed by atoms with Crippen LogP contribution in [0.1, 0.15) is 42.5 Å². The number of benzene rings is 1. The lowest BCUT2D eigenvalue weighted by Crippen LogP contribution is -2.51. The van der Waals surface area contributed by atoms with Crippen LogP contribution in [0.25, 0.3) is 0 Å². The van der Waals surface area contributed by atoms with Crippen LogP contribution in [0.4, 0.5) is 24.5 Å². The topological polar surface area (TPSA) is 105 Å². The van der Waals surface area contributed by atoms with Crippen LogP contribution in [0.3, 0.4) is 0 Å². The summed E-state index contributed by atoms with van der Waals surface area (Å²) in [6.07, 6.45) is -0.501. The van der Waals surface area contributed by atoms with Gasteiger partial charge in [-0.3, -0.25) is 4.79 Å². The maximum Gasteiger partial charge on any atom is 0.417 e. The maximum absolute atomic E-state index is 13.2. The molecule has 1 saturated carbocycles. The molecule has 1 unspecified atom stereocenters. The molecule has 1 aromatic heterocycles. The third kappa shape index (κ3) is 6.69. The second kappa shape index (κ2) is 11.9. The van der Waals surface area contributed by atoms with Crippen LogP contribution in [0.5, 0.6) is 0 Å². The number of carbonyl (C=O) groups excluding carboxylic acids is 1. The van der Waals surface area contributed by atoms with Crippen molar-refractivity contribution < 1.29 is 22.7 Å². The highest BCUT2D eigenvalue weighted by atomic mass is 32.1. The number of aromatic nitrogens is 1. The van der Waals surface area contributed by atoms with Crippen molar-refractivity contribution in [3.63, 3.8) is 0 Å². The minimum Gasteiger partial charge on any atom is -0.382 e. The Kier molecular flexibility index (Phi) is 8.65. The Hall–Kier alpha value is -3.48.